The highest BCUT2D eigenvalue weighted by Gasteiger charge is 2.28. The number of urea groups is 1. The van der Waals surface area contributed by atoms with Crippen molar-refractivity contribution in [3.63, 3.8) is 0 Å². The van der Waals surface area contributed by atoms with E-state index in [-0.39, 0.29) is 12.1 Å². The van der Waals surface area contributed by atoms with Crippen LogP contribution in [0.5, 0.6) is 0 Å². The molecular formula is C32H34ClN5O3. The summed E-state index contributed by atoms with van der Waals surface area (Å²) in [6.45, 7) is 4.08. The number of aromatic amines is 1. The summed E-state index contributed by atoms with van der Waals surface area (Å²) in [6.07, 6.45) is 7.92. The van der Waals surface area contributed by atoms with Crippen molar-refractivity contribution in [2.45, 2.75) is 38.8 Å². The number of nitrogens with zero attached hydrogens (tertiary/aromatic N) is 1. The van der Waals surface area contributed by atoms with E-state index in [0.717, 1.165) is 49.1 Å². The number of amides is 3. The molecule has 0 saturated heterocycles. The number of halogens is 1. The van der Waals surface area contributed by atoms with Crippen molar-refractivity contribution in [3.05, 3.63) is 106 Å². The number of benzene rings is 3. The van der Waals surface area contributed by atoms with Crippen LogP contribution < -0.4 is 16.1 Å². The summed E-state index contributed by atoms with van der Waals surface area (Å²) in [4.78, 5) is 29.2. The Balaban J connectivity index is 1.37. The normalized spacial score (nSPS) is 14.5. The number of hydroxylamine groups is 1. The second kappa shape index (κ2) is 13.0. The smallest absolute Gasteiger partial charge is 0.319 e. The van der Waals surface area contributed by atoms with Crippen LogP contribution in [-0.2, 0) is 24.2 Å². The Bertz CT molecular complexity index is 1560. The van der Waals surface area contributed by atoms with Gasteiger partial charge in [0.05, 0.1) is 0 Å². The highest BCUT2D eigenvalue weighted by atomic mass is 35.5. The first-order valence-electron chi connectivity index (χ1n) is 13.8. The molecule has 1 aliphatic carbocycles. The zero-order chi connectivity index (χ0) is 28.8. The van der Waals surface area contributed by atoms with Crippen LogP contribution >= 0.6 is 11.6 Å². The summed E-state index contributed by atoms with van der Waals surface area (Å²) in [5.74, 6) is -0.554. The van der Waals surface area contributed by atoms with Gasteiger partial charge in [-0.3, -0.25) is 14.9 Å². The Kier molecular flexibility index (Phi) is 9.04. The maximum Gasteiger partial charge on any atom is 0.319 e. The molecule has 5 rings (SSSR count). The third-order valence-electron chi connectivity index (χ3n) is 7.52. The number of hydrogen-bond acceptors (Lipinski definition) is 4. The molecule has 3 aromatic carbocycles. The van der Waals surface area contributed by atoms with Gasteiger partial charge in [-0.05, 0) is 84.3 Å². The molecule has 1 atom stereocenters. The summed E-state index contributed by atoms with van der Waals surface area (Å²) in [7, 11) is 0. The summed E-state index contributed by atoms with van der Waals surface area (Å²) >= 11 is 6.20. The maximum absolute atomic E-state index is 11.9. The molecule has 1 aliphatic rings. The van der Waals surface area contributed by atoms with Crippen LogP contribution in [0.3, 0.4) is 0 Å². The van der Waals surface area contributed by atoms with Crippen LogP contribution in [-0.4, -0.2) is 40.1 Å². The number of carbonyl (C=O) groups is 2. The van der Waals surface area contributed by atoms with Gasteiger partial charge >= 0.3 is 6.03 Å². The van der Waals surface area contributed by atoms with Gasteiger partial charge in [-0.2, -0.15) is 0 Å². The number of aromatic nitrogens is 1. The molecule has 8 nitrogen and oxygen atoms in total. The zero-order valence-electron chi connectivity index (χ0n) is 22.9. The van der Waals surface area contributed by atoms with E-state index in [4.69, 9.17) is 16.8 Å². The third-order valence-corrected chi connectivity index (χ3v) is 7.76. The van der Waals surface area contributed by atoms with E-state index in [9.17, 15) is 9.59 Å². The molecule has 212 valence electrons. The van der Waals surface area contributed by atoms with Crippen molar-refractivity contribution in [1.29, 1.82) is 0 Å². The van der Waals surface area contributed by atoms with Crippen molar-refractivity contribution < 1.29 is 14.8 Å². The number of rotatable bonds is 10. The topological polar surface area (TPSA) is 109 Å². The minimum Gasteiger partial charge on any atom is -0.361 e. The number of nitrogens with one attached hydrogen (secondary N) is 4. The third kappa shape index (κ3) is 6.97. The molecule has 0 fully saturated rings. The Hall–Kier alpha value is -4.11. The Morgan fingerprint density at radius 1 is 1.12 bits per heavy atom. The molecule has 1 unspecified atom stereocenters. The van der Waals surface area contributed by atoms with Crippen LogP contribution in [0, 0.1) is 0 Å². The first-order valence-corrected chi connectivity index (χ1v) is 14.2. The minimum atomic E-state index is -0.554. The van der Waals surface area contributed by atoms with Gasteiger partial charge in [0, 0.05) is 59.6 Å². The summed E-state index contributed by atoms with van der Waals surface area (Å²) in [5.41, 5.74) is 9.34. The van der Waals surface area contributed by atoms with Crippen LogP contribution in [0.25, 0.3) is 17.0 Å². The van der Waals surface area contributed by atoms with E-state index >= 15 is 0 Å². The van der Waals surface area contributed by atoms with Crippen LogP contribution in [0.1, 0.15) is 47.2 Å². The predicted molar refractivity (Wildman–Crippen MR) is 163 cm³/mol. The monoisotopic (exact) mass is 571 g/mol. The molecule has 0 bridgehead atoms. The van der Waals surface area contributed by atoms with E-state index < -0.39 is 5.91 Å². The van der Waals surface area contributed by atoms with Gasteiger partial charge in [-0.25, -0.2) is 10.3 Å². The molecular weight excluding hydrogens is 538 g/mol. The highest BCUT2D eigenvalue weighted by molar-refractivity contribution is 6.31. The summed E-state index contributed by atoms with van der Waals surface area (Å²) < 4.78 is 0. The molecule has 41 heavy (non-hydrogen) atoms. The molecule has 0 spiro atoms. The van der Waals surface area contributed by atoms with Gasteiger partial charge in [-0.15, -0.1) is 0 Å². The highest BCUT2D eigenvalue weighted by Crippen LogP contribution is 2.38. The van der Waals surface area contributed by atoms with Crippen molar-refractivity contribution in [3.8, 4) is 0 Å². The number of hydrogen-bond donors (Lipinski definition) is 5. The van der Waals surface area contributed by atoms with Crippen molar-refractivity contribution in [2.24, 2.45) is 0 Å². The fourth-order valence-corrected chi connectivity index (χ4v) is 5.72. The molecule has 0 saturated carbocycles. The second-order valence-corrected chi connectivity index (χ2v) is 10.7. The average molecular weight is 572 g/mol. The SMILES string of the molecule is CCNC(=O)Nc1ccc(CN(CCc2c[nH]c3cc(Cl)ccc23)C2CCc3cc(/C=C/C(=O)NO)ccc32)cc1. The first kappa shape index (κ1) is 28.4. The summed E-state index contributed by atoms with van der Waals surface area (Å²) in [6, 6.07) is 20.3. The molecule has 4 aromatic rings. The predicted octanol–water partition coefficient (Wildman–Crippen LogP) is 6.21. The van der Waals surface area contributed by atoms with Gasteiger partial charge in [0.15, 0.2) is 0 Å². The molecule has 1 heterocycles. The molecule has 0 radical (unpaired) electrons. The van der Waals surface area contributed by atoms with E-state index in [2.05, 4.69) is 57.0 Å². The molecule has 9 heteroatoms. The Morgan fingerprint density at radius 2 is 1.95 bits per heavy atom. The largest absolute Gasteiger partial charge is 0.361 e. The van der Waals surface area contributed by atoms with Crippen molar-refractivity contribution in [1.82, 2.24) is 20.7 Å². The molecule has 3 amide bonds. The Morgan fingerprint density at radius 3 is 2.73 bits per heavy atom. The van der Waals surface area contributed by atoms with Crippen molar-refractivity contribution >= 4 is 46.2 Å². The van der Waals surface area contributed by atoms with Gasteiger partial charge in [0.2, 0.25) is 0 Å². The lowest BCUT2D eigenvalue weighted by atomic mass is 10.0. The minimum absolute atomic E-state index is 0.212. The van der Waals surface area contributed by atoms with E-state index in [1.54, 1.807) is 11.6 Å². The first-order chi connectivity index (χ1) is 19.9. The fraction of sp³-hybridized carbons (Fsp3) is 0.250. The Labute approximate surface area is 244 Å². The lowest BCUT2D eigenvalue weighted by Gasteiger charge is -2.30. The molecule has 1 aromatic heterocycles. The number of H-pyrrole nitrogens is 1. The van der Waals surface area contributed by atoms with Gasteiger partial charge in [0.25, 0.3) is 5.91 Å². The number of anilines is 1. The zero-order valence-corrected chi connectivity index (χ0v) is 23.7. The second-order valence-electron chi connectivity index (χ2n) is 10.2. The van der Waals surface area contributed by atoms with Crippen LogP contribution in [0.2, 0.25) is 5.02 Å². The van der Waals surface area contributed by atoms with E-state index in [0.29, 0.717) is 11.6 Å². The number of carbonyl (C=O) groups excluding carboxylic acids is 2. The summed E-state index contributed by atoms with van der Waals surface area (Å²) in [5, 5.41) is 16.3. The average Bonchev–Trinajstić information content (AvgIpc) is 3.58. The van der Waals surface area contributed by atoms with E-state index in [1.165, 1.54) is 33.7 Å². The van der Waals surface area contributed by atoms with Crippen LogP contribution in [0.4, 0.5) is 10.5 Å². The van der Waals surface area contributed by atoms with Gasteiger partial charge in [0.1, 0.15) is 0 Å². The fourth-order valence-electron chi connectivity index (χ4n) is 5.55. The lowest BCUT2D eigenvalue weighted by Crippen LogP contribution is -2.29. The standard InChI is InChI=1S/C32H34ClN5O3/c1-2-34-32(40)36-26-9-3-22(4-10-26)20-38(16-15-24-19-35-29-18-25(33)8-12-27(24)29)30-13-7-23-17-21(5-11-28(23)30)6-14-31(39)37-41/h3-6,8-12,14,17-19,30,35,41H,2,7,13,15-16,20H2,1H3,(H,37,39)(H2,34,36,40)/b14-6+. The lowest BCUT2D eigenvalue weighted by molar-refractivity contribution is -0.124. The maximum atomic E-state index is 11.9. The van der Waals surface area contributed by atoms with Crippen LogP contribution in [0.15, 0.2) is 72.9 Å². The van der Waals surface area contributed by atoms with E-state index in [1.807, 2.05) is 37.3 Å². The molecule has 5 N–H and O–H groups in total. The van der Waals surface area contributed by atoms with Gasteiger partial charge in [-0.1, -0.05) is 48.0 Å². The number of fused-ring (bicyclic) bond motifs is 2. The number of aryl methyl sites for hydroxylation is 1. The molecule has 0 aliphatic heterocycles. The van der Waals surface area contributed by atoms with Gasteiger partial charge < -0.3 is 15.6 Å². The van der Waals surface area contributed by atoms with Crippen molar-refractivity contribution in [2.75, 3.05) is 18.4 Å². The quantitative estimate of drug-likeness (QED) is 0.0885.